The van der Waals surface area contributed by atoms with Crippen LogP contribution in [0.15, 0.2) is 60.7 Å². The third-order valence-electron chi connectivity index (χ3n) is 4.05. The first-order chi connectivity index (χ1) is 11.4. The quantitative estimate of drug-likeness (QED) is 0.705. The Bertz CT molecular complexity index is 791. The summed E-state index contributed by atoms with van der Waals surface area (Å²) >= 11 is 0. The van der Waals surface area contributed by atoms with E-state index in [-0.39, 0.29) is 0 Å². The molecule has 3 rings (SSSR count). The Morgan fingerprint density at radius 3 is 1.46 bits per heavy atom. The van der Waals surface area contributed by atoms with Crippen LogP contribution in [0.1, 0.15) is 22.3 Å². The maximum atomic E-state index is 10.5. The fraction of sp³-hybridized carbons (Fsp3) is 0.182. The predicted molar refractivity (Wildman–Crippen MR) is 106 cm³/mol. The van der Waals surface area contributed by atoms with Crippen LogP contribution < -0.4 is 15.9 Å². The second-order valence-electron chi connectivity index (χ2n) is 6.52. The second kappa shape index (κ2) is 6.79. The van der Waals surface area contributed by atoms with E-state index in [0.717, 1.165) is 5.30 Å². The van der Waals surface area contributed by atoms with Gasteiger partial charge in [0.2, 0.25) is 0 Å². The maximum Gasteiger partial charge on any atom is 0.123 e. The van der Waals surface area contributed by atoms with Gasteiger partial charge in [0.25, 0.3) is 0 Å². The van der Waals surface area contributed by atoms with Crippen LogP contribution in [0.4, 0.5) is 0 Å². The number of phenolic OH excluding ortho intramolecular Hbond substituents is 1. The lowest BCUT2D eigenvalue weighted by molar-refractivity contribution is 0.480. The largest absolute Gasteiger partial charge is 0.507 e. The zero-order valence-corrected chi connectivity index (χ0v) is 15.6. The van der Waals surface area contributed by atoms with Crippen LogP contribution >= 0.6 is 7.92 Å². The summed E-state index contributed by atoms with van der Waals surface area (Å²) in [5.41, 5.74) is 5.05. The van der Waals surface area contributed by atoms with E-state index in [1.165, 1.54) is 32.9 Å². The Morgan fingerprint density at radius 1 is 0.625 bits per heavy atom. The van der Waals surface area contributed by atoms with Gasteiger partial charge in [0.15, 0.2) is 0 Å². The zero-order chi connectivity index (χ0) is 17.3. The Labute approximate surface area is 145 Å². The van der Waals surface area contributed by atoms with Crippen LogP contribution in [0.2, 0.25) is 0 Å². The Morgan fingerprint density at radius 2 is 1.04 bits per heavy atom. The first-order valence-electron chi connectivity index (χ1n) is 8.19. The van der Waals surface area contributed by atoms with Gasteiger partial charge in [-0.05, 0) is 52.3 Å². The molecule has 1 N–H and O–H groups in total. The summed E-state index contributed by atoms with van der Waals surface area (Å²) in [4.78, 5) is 0. The number of para-hydroxylation sites is 1. The van der Waals surface area contributed by atoms with Crippen molar-refractivity contribution in [3.05, 3.63) is 82.9 Å². The molecule has 3 aromatic rings. The molecule has 0 unspecified atom stereocenters. The van der Waals surface area contributed by atoms with Crippen molar-refractivity contribution >= 4 is 23.8 Å². The van der Waals surface area contributed by atoms with E-state index in [2.05, 4.69) is 70.2 Å². The number of benzene rings is 3. The van der Waals surface area contributed by atoms with Gasteiger partial charge in [-0.15, -0.1) is 0 Å². The van der Waals surface area contributed by atoms with Crippen LogP contribution in [0.25, 0.3) is 0 Å². The smallest absolute Gasteiger partial charge is 0.123 e. The standard InChI is InChI=1S/C22H23OP/c1-15-9-16(2)12-19(11-15)24(22-8-6-5-7-21(22)23)20-13-17(3)10-18(4)14-20/h5-14,23H,1-4H3. The molecule has 0 atom stereocenters. The number of phenols is 1. The zero-order valence-electron chi connectivity index (χ0n) is 14.7. The first kappa shape index (κ1) is 16.7. The van der Waals surface area contributed by atoms with E-state index in [4.69, 9.17) is 0 Å². The van der Waals surface area contributed by atoms with Gasteiger partial charge in [0.1, 0.15) is 5.75 Å². The van der Waals surface area contributed by atoms with Crippen molar-refractivity contribution in [1.29, 1.82) is 0 Å². The van der Waals surface area contributed by atoms with Crippen molar-refractivity contribution in [2.45, 2.75) is 27.7 Å². The molecular weight excluding hydrogens is 311 g/mol. The maximum absolute atomic E-state index is 10.5. The van der Waals surface area contributed by atoms with E-state index >= 15 is 0 Å². The van der Waals surface area contributed by atoms with Gasteiger partial charge in [-0.1, -0.05) is 76.9 Å². The van der Waals surface area contributed by atoms with Crippen molar-refractivity contribution in [2.24, 2.45) is 0 Å². The molecule has 0 aliphatic rings. The van der Waals surface area contributed by atoms with E-state index < -0.39 is 7.92 Å². The summed E-state index contributed by atoms with van der Waals surface area (Å²) in [6, 6.07) is 21.1. The third kappa shape index (κ3) is 3.52. The van der Waals surface area contributed by atoms with E-state index in [1.54, 1.807) is 6.07 Å². The molecule has 0 saturated heterocycles. The van der Waals surface area contributed by atoms with Crippen LogP contribution in [0.3, 0.4) is 0 Å². The van der Waals surface area contributed by atoms with E-state index in [1.807, 2.05) is 12.1 Å². The number of aromatic hydroxyl groups is 1. The third-order valence-corrected chi connectivity index (χ3v) is 6.46. The predicted octanol–water partition coefficient (Wildman–Crippen LogP) is 4.38. The average Bonchev–Trinajstić information content (AvgIpc) is 2.47. The number of aryl methyl sites for hydroxylation is 4. The van der Waals surface area contributed by atoms with Crippen molar-refractivity contribution < 1.29 is 5.11 Å². The molecule has 1 nitrogen and oxygen atoms in total. The molecule has 0 spiro atoms. The van der Waals surface area contributed by atoms with Crippen LogP contribution in [0, 0.1) is 27.7 Å². The SMILES string of the molecule is Cc1cc(C)cc(P(c2cc(C)cc(C)c2)c2ccccc2O)c1. The molecule has 0 aromatic heterocycles. The first-order valence-corrected chi connectivity index (χ1v) is 9.53. The normalized spacial score (nSPS) is 11.0. The lowest BCUT2D eigenvalue weighted by Crippen LogP contribution is -2.22. The van der Waals surface area contributed by atoms with E-state index in [9.17, 15) is 5.11 Å². The van der Waals surface area contributed by atoms with Crippen LogP contribution in [0.5, 0.6) is 5.75 Å². The molecule has 0 radical (unpaired) electrons. The number of hydrogen-bond donors (Lipinski definition) is 1. The van der Waals surface area contributed by atoms with Gasteiger partial charge in [-0.3, -0.25) is 0 Å². The highest BCUT2D eigenvalue weighted by molar-refractivity contribution is 7.80. The van der Waals surface area contributed by atoms with Gasteiger partial charge in [0, 0.05) is 5.30 Å². The van der Waals surface area contributed by atoms with Crippen LogP contribution in [-0.4, -0.2) is 5.11 Å². The van der Waals surface area contributed by atoms with Crippen molar-refractivity contribution in [1.82, 2.24) is 0 Å². The summed E-state index contributed by atoms with van der Waals surface area (Å²) in [5, 5.41) is 14.1. The highest BCUT2D eigenvalue weighted by atomic mass is 31.1. The minimum Gasteiger partial charge on any atom is -0.507 e. The number of rotatable bonds is 3. The molecule has 2 heteroatoms. The Balaban J connectivity index is 2.26. The average molecular weight is 334 g/mol. The molecule has 0 aliphatic heterocycles. The van der Waals surface area contributed by atoms with Gasteiger partial charge < -0.3 is 5.11 Å². The minimum absolute atomic E-state index is 0.377. The highest BCUT2D eigenvalue weighted by Crippen LogP contribution is 2.37. The molecule has 0 heterocycles. The molecule has 0 bridgehead atoms. The van der Waals surface area contributed by atoms with Gasteiger partial charge in [-0.25, -0.2) is 0 Å². The summed E-state index contributed by atoms with van der Waals surface area (Å²) in [6.07, 6.45) is 0. The fourth-order valence-corrected chi connectivity index (χ4v) is 5.96. The van der Waals surface area contributed by atoms with Gasteiger partial charge >= 0.3 is 0 Å². The molecule has 122 valence electrons. The fourth-order valence-electron chi connectivity index (χ4n) is 3.24. The molecule has 0 saturated carbocycles. The molecule has 24 heavy (non-hydrogen) atoms. The summed E-state index contributed by atoms with van der Waals surface area (Å²) in [5.74, 6) is 0.377. The lowest BCUT2D eigenvalue weighted by atomic mass is 10.2. The Kier molecular flexibility index (Phi) is 4.73. The lowest BCUT2D eigenvalue weighted by Gasteiger charge is -2.22. The minimum atomic E-state index is -0.782. The molecule has 3 aromatic carbocycles. The monoisotopic (exact) mass is 334 g/mol. The second-order valence-corrected chi connectivity index (χ2v) is 8.70. The van der Waals surface area contributed by atoms with Crippen molar-refractivity contribution in [2.75, 3.05) is 0 Å². The van der Waals surface area contributed by atoms with E-state index in [0.29, 0.717) is 5.75 Å². The highest BCUT2D eigenvalue weighted by Gasteiger charge is 2.20. The van der Waals surface area contributed by atoms with Gasteiger partial charge in [-0.2, -0.15) is 0 Å². The number of hydrogen-bond acceptors (Lipinski definition) is 1. The van der Waals surface area contributed by atoms with Crippen LogP contribution in [-0.2, 0) is 0 Å². The topological polar surface area (TPSA) is 20.2 Å². The summed E-state index contributed by atoms with van der Waals surface area (Å²) < 4.78 is 0. The summed E-state index contributed by atoms with van der Waals surface area (Å²) in [6.45, 7) is 8.54. The molecule has 0 aliphatic carbocycles. The van der Waals surface area contributed by atoms with Crippen molar-refractivity contribution in [3.8, 4) is 5.75 Å². The summed E-state index contributed by atoms with van der Waals surface area (Å²) in [7, 11) is -0.782. The van der Waals surface area contributed by atoms with Crippen molar-refractivity contribution in [3.63, 3.8) is 0 Å². The molecule has 0 fully saturated rings. The Hall–Kier alpha value is -2.11. The molecular formula is C22H23OP. The molecule has 0 amide bonds. The van der Waals surface area contributed by atoms with Gasteiger partial charge in [0.05, 0.1) is 0 Å².